The first kappa shape index (κ1) is 14.8. The van der Waals surface area contributed by atoms with E-state index < -0.39 is 0 Å². The minimum atomic E-state index is -0.106. The number of benzene rings is 1. The van der Waals surface area contributed by atoms with Gasteiger partial charge in [-0.05, 0) is 18.9 Å². The van der Waals surface area contributed by atoms with Gasteiger partial charge in [-0.15, -0.1) is 0 Å². The fourth-order valence-corrected chi connectivity index (χ4v) is 2.61. The average Bonchev–Trinajstić information content (AvgIpc) is 2.49. The summed E-state index contributed by atoms with van der Waals surface area (Å²) >= 11 is 0. The highest BCUT2D eigenvalue weighted by Crippen LogP contribution is 2.27. The molecule has 1 saturated heterocycles. The molecule has 2 atom stereocenters. The summed E-state index contributed by atoms with van der Waals surface area (Å²) in [6.45, 7) is 1.52. The fourth-order valence-electron chi connectivity index (χ4n) is 2.61. The van der Waals surface area contributed by atoms with Gasteiger partial charge in [0.25, 0.3) is 0 Å². The molecule has 2 rings (SSSR count). The number of carbonyl (C=O) groups excluding carboxylic acids is 1. The van der Waals surface area contributed by atoms with Crippen molar-refractivity contribution in [3.63, 3.8) is 0 Å². The van der Waals surface area contributed by atoms with E-state index in [4.69, 9.17) is 15.2 Å². The van der Waals surface area contributed by atoms with Crippen molar-refractivity contribution in [1.29, 1.82) is 0 Å². The zero-order valence-electron chi connectivity index (χ0n) is 12.0. The van der Waals surface area contributed by atoms with Crippen LogP contribution in [0.4, 0.5) is 0 Å². The van der Waals surface area contributed by atoms with Crippen molar-refractivity contribution in [3.8, 4) is 11.5 Å². The van der Waals surface area contributed by atoms with E-state index in [0.717, 1.165) is 42.7 Å². The third kappa shape index (κ3) is 3.29. The zero-order valence-corrected chi connectivity index (χ0v) is 12.0. The minimum Gasteiger partial charge on any atom is -0.497 e. The first-order valence-corrected chi connectivity index (χ1v) is 6.83. The molecule has 1 heterocycles. The predicted molar refractivity (Wildman–Crippen MR) is 77.0 cm³/mol. The Morgan fingerprint density at radius 3 is 2.85 bits per heavy atom. The highest BCUT2D eigenvalue weighted by atomic mass is 16.5. The standard InChI is InChI=1S/C15H22N2O3/c1-19-14-4-3-11(15(8-14)20-2)9-17-6-5-12(16)7-13(17)10-18/h3-4,8,10,12-13H,5-7,9,16H2,1-2H3. The quantitative estimate of drug-likeness (QED) is 0.820. The first-order valence-electron chi connectivity index (χ1n) is 6.83. The van der Waals surface area contributed by atoms with Crippen molar-refractivity contribution in [2.45, 2.75) is 31.5 Å². The molecule has 5 nitrogen and oxygen atoms in total. The van der Waals surface area contributed by atoms with Crippen LogP contribution in [0, 0.1) is 0 Å². The Hall–Kier alpha value is -1.59. The largest absolute Gasteiger partial charge is 0.497 e. The fraction of sp³-hybridized carbons (Fsp3) is 0.533. The molecule has 1 aliphatic rings. The molecule has 1 fully saturated rings. The summed E-state index contributed by atoms with van der Waals surface area (Å²) in [5.41, 5.74) is 6.97. The molecular weight excluding hydrogens is 256 g/mol. The van der Waals surface area contributed by atoms with E-state index >= 15 is 0 Å². The van der Waals surface area contributed by atoms with Gasteiger partial charge >= 0.3 is 0 Å². The number of likely N-dealkylation sites (tertiary alicyclic amines) is 1. The second-order valence-electron chi connectivity index (χ2n) is 5.14. The summed E-state index contributed by atoms with van der Waals surface area (Å²) < 4.78 is 10.6. The maximum atomic E-state index is 11.2. The lowest BCUT2D eigenvalue weighted by atomic mass is 9.98. The molecule has 1 aliphatic heterocycles. The van der Waals surface area contributed by atoms with E-state index in [1.165, 1.54) is 0 Å². The van der Waals surface area contributed by atoms with Crippen LogP contribution < -0.4 is 15.2 Å². The van der Waals surface area contributed by atoms with Crippen molar-refractivity contribution in [2.24, 2.45) is 5.73 Å². The Labute approximate surface area is 119 Å². The molecule has 5 heteroatoms. The van der Waals surface area contributed by atoms with Gasteiger partial charge < -0.3 is 20.0 Å². The molecule has 0 spiro atoms. The summed E-state index contributed by atoms with van der Waals surface area (Å²) in [6, 6.07) is 5.77. The molecule has 0 aromatic heterocycles. The number of carbonyl (C=O) groups is 1. The number of ether oxygens (including phenoxy) is 2. The van der Waals surface area contributed by atoms with Gasteiger partial charge in [0, 0.05) is 30.8 Å². The lowest BCUT2D eigenvalue weighted by Gasteiger charge is -2.35. The molecular formula is C15H22N2O3. The van der Waals surface area contributed by atoms with E-state index in [1.807, 2.05) is 18.2 Å². The monoisotopic (exact) mass is 278 g/mol. The SMILES string of the molecule is COc1ccc(CN2CCC(N)CC2C=O)c(OC)c1. The van der Waals surface area contributed by atoms with Crippen LogP contribution in [-0.4, -0.2) is 44.0 Å². The molecule has 0 aliphatic carbocycles. The topological polar surface area (TPSA) is 64.8 Å². The van der Waals surface area contributed by atoms with Crippen LogP contribution in [0.1, 0.15) is 18.4 Å². The van der Waals surface area contributed by atoms with E-state index in [9.17, 15) is 4.79 Å². The number of methoxy groups -OCH3 is 2. The van der Waals surface area contributed by atoms with Gasteiger partial charge in [0.1, 0.15) is 17.8 Å². The molecule has 2 unspecified atom stereocenters. The average molecular weight is 278 g/mol. The summed E-state index contributed by atoms with van der Waals surface area (Å²) in [7, 11) is 3.27. The minimum absolute atomic E-state index is 0.106. The Morgan fingerprint density at radius 2 is 2.20 bits per heavy atom. The predicted octanol–water partition coefficient (Wildman–Crippen LogP) is 1.19. The molecule has 0 amide bonds. The summed E-state index contributed by atoms with van der Waals surface area (Å²) in [5, 5.41) is 0. The van der Waals surface area contributed by atoms with Crippen LogP contribution >= 0.6 is 0 Å². The van der Waals surface area contributed by atoms with Crippen molar-refractivity contribution >= 4 is 6.29 Å². The van der Waals surface area contributed by atoms with Crippen LogP contribution in [0.3, 0.4) is 0 Å². The van der Waals surface area contributed by atoms with E-state index in [0.29, 0.717) is 6.54 Å². The number of hydrogen-bond acceptors (Lipinski definition) is 5. The number of nitrogens with two attached hydrogens (primary N) is 1. The lowest BCUT2D eigenvalue weighted by molar-refractivity contribution is -0.113. The number of rotatable bonds is 5. The van der Waals surface area contributed by atoms with Gasteiger partial charge in [0.05, 0.1) is 20.3 Å². The van der Waals surface area contributed by atoms with Crippen molar-refractivity contribution in [1.82, 2.24) is 4.90 Å². The van der Waals surface area contributed by atoms with Crippen molar-refractivity contribution < 1.29 is 14.3 Å². The van der Waals surface area contributed by atoms with Crippen LogP contribution in [0.5, 0.6) is 11.5 Å². The first-order chi connectivity index (χ1) is 9.67. The molecule has 0 bridgehead atoms. The van der Waals surface area contributed by atoms with E-state index in [2.05, 4.69) is 4.90 Å². The summed E-state index contributed by atoms with van der Waals surface area (Å²) in [6.07, 6.45) is 2.64. The highest BCUT2D eigenvalue weighted by molar-refractivity contribution is 5.58. The van der Waals surface area contributed by atoms with Gasteiger partial charge in [-0.1, -0.05) is 6.07 Å². The Balaban J connectivity index is 2.14. The van der Waals surface area contributed by atoms with Gasteiger partial charge in [-0.2, -0.15) is 0 Å². The van der Waals surface area contributed by atoms with Gasteiger partial charge in [0.2, 0.25) is 0 Å². The van der Waals surface area contributed by atoms with Gasteiger partial charge in [0.15, 0.2) is 0 Å². The van der Waals surface area contributed by atoms with E-state index in [-0.39, 0.29) is 12.1 Å². The summed E-state index contributed by atoms with van der Waals surface area (Å²) in [5.74, 6) is 1.54. The number of hydrogen-bond donors (Lipinski definition) is 1. The second kappa shape index (κ2) is 6.72. The Morgan fingerprint density at radius 1 is 1.40 bits per heavy atom. The van der Waals surface area contributed by atoms with Gasteiger partial charge in [-0.3, -0.25) is 4.90 Å². The Kier molecular flexibility index (Phi) is 4.98. The van der Waals surface area contributed by atoms with Crippen LogP contribution in [0.15, 0.2) is 18.2 Å². The molecule has 1 aromatic carbocycles. The smallest absolute Gasteiger partial charge is 0.137 e. The molecule has 1 aromatic rings. The number of piperidine rings is 1. The van der Waals surface area contributed by atoms with Crippen molar-refractivity contribution in [2.75, 3.05) is 20.8 Å². The number of nitrogens with zero attached hydrogens (tertiary/aromatic N) is 1. The third-order valence-electron chi connectivity index (χ3n) is 3.83. The third-order valence-corrected chi connectivity index (χ3v) is 3.83. The van der Waals surface area contributed by atoms with Crippen LogP contribution in [0.25, 0.3) is 0 Å². The van der Waals surface area contributed by atoms with Crippen LogP contribution in [0.2, 0.25) is 0 Å². The van der Waals surface area contributed by atoms with Gasteiger partial charge in [-0.25, -0.2) is 0 Å². The summed E-state index contributed by atoms with van der Waals surface area (Å²) in [4.78, 5) is 13.4. The lowest BCUT2D eigenvalue weighted by Crippen LogP contribution is -2.47. The molecule has 0 saturated carbocycles. The zero-order chi connectivity index (χ0) is 14.5. The molecule has 0 radical (unpaired) electrons. The van der Waals surface area contributed by atoms with Crippen molar-refractivity contribution in [3.05, 3.63) is 23.8 Å². The Bertz CT molecular complexity index is 464. The molecule has 2 N–H and O–H groups in total. The normalized spacial score (nSPS) is 23.4. The maximum Gasteiger partial charge on any atom is 0.137 e. The van der Waals surface area contributed by atoms with Crippen LogP contribution in [-0.2, 0) is 11.3 Å². The highest BCUT2D eigenvalue weighted by Gasteiger charge is 2.26. The molecule has 20 heavy (non-hydrogen) atoms. The van der Waals surface area contributed by atoms with E-state index in [1.54, 1.807) is 14.2 Å². The molecule has 110 valence electrons. The second-order valence-corrected chi connectivity index (χ2v) is 5.14. The maximum absolute atomic E-state index is 11.2. The number of aldehydes is 1.